The fourth-order valence-electron chi connectivity index (χ4n) is 5.27. The second kappa shape index (κ2) is 8.03. The normalized spacial score (nSPS) is 24.3. The van der Waals surface area contributed by atoms with E-state index in [1.807, 2.05) is 42.5 Å². The van der Waals surface area contributed by atoms with Crippen LogP contribution in [0.3, 0.4) is 0 Å². The molecule has 170 valence electrons. The van der Waals surface area contributed by atoms with Crippen molar-refractivity contribution in [2.45, 2.75) is 43.7 Å². The molecule has 5 amide bonds. The Morgan fingerprint density at radius 1 is 1.09 bits per heavy atom. The van der Waals surface area contributed by atoms with Gasteiger partial charge in [0.2, 0.25) is 11.8 Å². The van der Waals surface area contributed by atoms with E-state index in [2.05, 4.69) is 10.6 Å². The van der Waals surface area contributed by atoms with E-state index in [1.54, 1.807) is 18.0 Å². The number of carbonyl (C=O) groups is 4. The molecule has 1 spiro atoms. The molecule has 0 bridgehead atoms. The van der Waals surface area contributed by atoms with Crippen molar-refractivity contribution in [2.75, 3.05) is 18.9 Å². The lowest BCUT2D eigenvalue weighted by Gasteiger charge is -2.35. The Labute approximate surface area is 191 Å². The first-order chi connectivity index (χ1) is 15.9. The van der Waals surface area contributed by atoms with Crippen LogP contribution in [0.25, 0.3) is 0 Å². The predicted octanol–water partition coefficient (Wildman–Crippen LogP) is 2.40. The third kappa shape index (κ3) is 3.65. The van der Waals surface area contributed by atoms with Crippen LogP contribution in [0.15, 0.2) is 48.5 Å². The number of amides is 5. The molecule has 2 N–H and O–H groups in total. The number of fused-ring (bicyclic) bond motifs is 1. The number of nitrogens with zero attached hydrogens (tertiary/aromatic N) is 2. The van der Waals surface area contributed by atoms with Crippen molar-refractivity contribution in [1.82, 2.24) is 15.1 Å². The molecular weight excluding hydrogens is 420 g/mol. The van der Waals surface area contributed by atoms with Crippen LogP contribution in [-0.2, 0) is 27.2 Å². The van der Waals surface area contributed by atoms with E-state index in [-0.39, 0.29) is 36.3 Å². The van der Waals surface area contributed by atoms with Gasteiger partial charge in [-0.3, -0.25) is 19.7 Å². The number of urea groups is 1. The number of piperidine rings is 1. The van der Waals surface area contributed by atoms with Gasteiger partial charge in [-0.05, 0) is 41.7 Å². The highest BCUT2D eigenvalue weighted by Crippen LogP contribution is 2.38. The van der Waals surface area contributed by atoms with Gasteiger partial charge in [0.25, 0.3) is 5.91 Å². The summed E-state index contributed by atoms with van der Waals surface area (Å²) in [6.07, 6.45) is 2.95. The molecule has 33 heavy (non-hydrogen) atoms. The number of rotatable bonds is 4. The van der Waals surface area contributed by atoms with Gasteiger partial charge in [0.1, 0.15) is 12.1 Å². The Bertz CT molecular complexity index is 1150. The van der Waals surface area contributed by atoms with Gasteiger partial charge in [-0.15, -0.1) is 0 Å². The van der Waals surface area contributed by atoms with E-state index in [4.69, 9.17) is 0 Å². The van der Waals surface area contributed by atoms with Gasteiger partial charge < -0.3 is 15.1 Å². The quantitative estimate of drug-likeness (QED) is 0.705. The zero-order chi connectivity index (χ0) is 23.2. The summed E-state index contributed by atoms with van der Waals surface area (Å²) in [5.41, 5.74) is 2.67. The molecule has 2 saturated heterocycles. The summed E-state index contributed by atoms with van der Waals surface area (Å²) in [7, 11) is 1.63. The molecule has 0 aromatic heterocycles. The zero-order valence-electron chi connectivity index (χ0n) is 18.5. The molecule has 2 aliphatic heterocycles. The summed E-state index contributed by atoms with van der Waals surface area (Å²) >= 11 is 0. The predicted molar refractivity (Wildman–Crippen MR) is 121 cm³/mol. The first-order valence-electron chi connectivity index (χ1n) is 11.2. The van der Waals surface area contributed by atoms with Crippen LogP contribution in [-0.4, -0.2) is 52.7 Å². The van der Waals surface area contributed by atoms with Gasteiger partial charge in [0, 0.05) is 32.0 Å². The zero-order valence-corrected chi connectivity index (χ0v) is 18.5. The molecule has 0 unspecified atom stereocenters. The Kier molecular flexibility index (Phi) is 5.15. The number of carbonyl (C=O) groups excluding carboxylic acids is 4. The molecule has 0 radical (unpaired) electrons. The third-order valence-corrected chi connectivity index (χ3v) is 7.11. The summed E-state index contributed by atoms with van der Waals surface area (Å²) < 4.78 is 0. The largest absolute Gasteiger partial charge is 0.326 e. The van der Waals surface area contributed by atoms with Crippen LogP contribution in [0.4, 0.5) is 10.5 Å². The van der Waals surface area contributed by atoms with Crippen molar-refractivity contribution < 1.29 is 19.2 Å². The second-order valence-corrected chi connectivity index (χ2v) is 9.08. The molecule has 1 aliphatic carbocycles. The lowest BCUT2D eigenvalue weighted by Crippen LogP contribution is -2.48. The smallest absolute Gasteiger partial charge is 0.324 e. The van der Waals surface area contributed by atoms with Crippen LogP contribution < -0.4 is 10.6 Å². The number of imide groups is 1. The second-order valence-electron chi connectivity index (χ2n) is 9.08. The number of hydrogen-bond acceptors (Lipinski definition) is 4. The number of likely N-dealkylation sites (N-methyl/N-ethyl adjacent to an activating group) is 1. The van der Waals surface area contributed by atoms with Gasteiger partial charge >= 0.3 is 6.03 Å². The van der Waals surface area contributed by atoms with Gasteiger partial charge in [-0.2, -0.15) is 0 Å². The summed E-state index contributed by atoms with van der Waals surface area (Å²) in [6, 6.07) is 14.9. The third-order valence-electron chi connectivity index (χ3n) is 7.11. The average molecular weight is 447 g/mol. The van der Waals surface area contributed by atoms with Crippen LogP contribution >= 0.6 is 0 Å². The maximum atomic E-state index is 12.9. The van der Waals surface area contributed by atoms with Crippen molar-refractivity contribution in [1.29, 1.82) is 0 Å². The number of benzene rings is 2. The first kappa shape index (κ1) is 21.2. The van der Waals surface area contributed by atoms with Crippen molar-refractivity contribution in [2.24, 2.45) is 0 Å². The summed E-state index contributed by atoms with van der Waals surface area (Å²) in [5, 5.41) is 5.30. The fourth-order valence-corrected chi connectivity index (χ4v) is 5.27. The van der Waals surface area contributed by atoms with Gasteiger partial charge in [-0.25, -0.2) is 4.79 Å². The summed E-state index contributed by atoms with van der Waals surface area (Å²) in [4.78, 5) is 53.1. The van der Waals surface area contributed by atoms with E-state index in [9.17, 15) is 19.2 Å². The maximum Gasteiger partial charge on any atom is 0.324 e. The Hall–Kier alpha value is -3.68. The SMILES string of the molecule is CN1C(=O)NC(=O)[C@@]12Cc1ccc(NC(=O)CN3C(=O)CCC[C@H]3c3ccccc3)cc1C2. The minimum atomic E-state index is -0.898. The number of anilines is 1. The highest BCUT2D eigenvalue weighted by molar-refractivity contribution is 6.07. The maximum absolute atomic E-state index is 12.9. The Morgan fingerprint density at radius 3 is 2.58 bits per heavy atom. The molecule has 8 heteroatoms. The van der Waals surface area contributed by atoms with Gasteiger partial charge in [-0.1, -0.05) is 36.4 Å². The standard InChI is InChI=1S/C25H26N4O4/c1-28-24(33)27-23(32)25(28)13-17-10-11-19(12-18(17)14-25)26-21(30)15-29-20(8-5-9-22(29)31)16-6-3-2-4-7-16/h2-4,6-7,10-12,20H,5,8-9,13-15H2,1H3,(H,26,30)(H,27,32,33)/t20-,25-/m0/s1. The molecule has 2 aromatic carbocycles. The number of likely N-dealkylation sites (tertiary alicyclic amines) is 1. The Balaban J connectivity index is 1.30. The first-order valence-corrected chi connectivity index (χ1v) is 11.2. The molecule has 5 rings (SSSR count). The van der Waals surface area contributed by atoms with E-state index in [0.717, 1.165) is 29.5 Å². The molecule has 0 saturated carbocycles. The molecule has 3 aliphatic rings. The van der Waals surface area contributed by atoms with Crippen molar-refractivity contribution in [3.05, 3.63) is 65.2 Å². The molecule has 2 aromatic rings. The minimum Gasteiger partial charge on any atom is -0.326 e. The highest BCUT2D eigenvalue weighted by Gasteiger charge is 2.54. The highest BCUT2D eigenvalue weighted by atomic mass is 16.2. The molecule has 8 nitrogen and oxygen atoms in total. The van der Waals surface area contributed by atoms with Gasteiger partial charge in [0.05, 0.1) is 6.04 Å². The number of hydrogen-bond donors (Lipinski definition) is 2. The van der Waals surface area contributed by atoms with Crippen molar-refractivity contribution >= 4 is 29.4 Å². The van der Waals surface area contributed by atoms with E-state index >= 15 is 0 Å². The van der Waals surface area contributed by atoms with Gasteiger partial charge in [0.15, 0.2) is 0 Å². The topological polar surface area (TPSA) is 98.8 Å². The average Bonchev–Trinajstić information content (AvgIpc) is 3.28. The summed E-state index contributed by atoms with van der Waals surface area (Å²) in [6.45, 7) is -0.0148. The van der Waals surface area contributed by atoms with Crippen LogP contribution in [0, 0.1) is 0 Å². The van der Waals surface area contributed by atoms with Crippen LogP contribution in [0.5, 0.6) is 0 Å². The minimum absolute atomic E-state index is 0.0129. The monoisotopic (exact) mass is 446 g/mol. The molecule has 2 heterocycles. The van der Waals surface area contributed by atoms with Crippen molar-refractivity contribution in [3.8, 4) is 0 Å². The van der Waals surface area contributed by atoms with E-state index in [1.165, 1.54) is 4.90 Å². The number of nitrogens with one attached hydrogen (secondary N) is 2. The van der Waals surface area contributed by atoms with Crippen LogP contribution in [0.2, 0.25) is 0 Å². The fraction of sp³-hybridized carbons (Fsp3) is 0.360. The lowest BCUT2D eigenvalue weighted by atomic mass is 9.95. The van der Waals surface area contributed by atoms with Crippen LogP contribution in [0.1, 0.15) is 42.0 Å². The van der Waals surface area contributed by atoms with Crippen molar-refractivity contribution in [3.63, 3.8) is 0 Å². The summed E-state index contributed by atoms with van der Waals surface area (Å²) in [5.74, 6) is -0.557. The van der Waals surface area contributed by atoms with E-state index < -0.39 is 5.54 Å². The molecule has 2 fully saturated rings. The molecule has 2 atom stereocenters. The van der Waals surface area contributed by atoms with E-state index in [0.29, 0.717) is 24.9 Å². The Morgan fingerprint density at radius 2 is 1.85 bits per heavy atom. The lowest BCUT2D eigenvalue weighted by molar-refractivity contribution is -0.139. The molecular formula is C25H26N4O4.